The van der Waals surface area contributed by atoms with E-state index < -0.39 is 0 Å². The molecule has 1 fully saturated rings. The molecular weight excluding hydrogens is 316 g/mol. The number of benzene rings is 1. The van der Waals surface area contributed by atoms with Crippen LogP contribution in [0.5, 0.6) is 0 Å². The zero-order chi connectivity index (χ0) is 16.8. The van der Waals surface area contributed by atoms with Crippen molar-refractivity contribution in [2.75, 3.05) is 31.2 Å². The monoisotopic (exact) mass is 338 g/mol. The van der Waals surface area contributed by atoms with Gasteiger partial charge in [0.25, 0.3) is 0 Å². The topological polar surface area (TPSA) is 58.6 Å². The van der Waals surface area contributed by atoms with Crippen molar-refractivity contribution in [3.63, 3.8) is 0 Å². The van der Waals surface area contributed by atoms with E-state index in [-0.39, 0.29) is 17.7 Å². The molecule has 0 radical (unpaired) electrons. The van der Waals surface area contributed by atoms with Gasteiger partial charge in [-0.15, -0.1) is 0 Å². The van der Waals surface area contributed by atoms with Gasteiger partial charge >= 0.3 is 0 Å². The van der Waals surface area contributed by atoms with Crippen LogP contribution in [0.1, 0.15) is 25.3 Å². The Morgan fingerprint density at radius 1 is 1.35 bits per heavy atom. The third-order valence-corrected chi connectivity index (χ3v) is 4.30. The number of halogens is 1. The Morgan fingerprint density at radius 2 is 2.04 bits per heavy atom. The van der Waals surface area contributed by atoms with E-state index in [1.807, 2.05) is 13.0 Å². The molecule has 126 valence electrons. The number of carbonyl (C=O) groups is 2. The molecule has 0 aromatic heterocycles. The first-order chi connectivity index (χ1) is 11.0. The molecule has 1 N–H and O–H groups in total. The highest BCUT2D eigenvalue weighted by atomic mass is 35.5. The summed E-state index contributed by atoms with van der Waals surface area (Å²) in [6, 6.07) is 5.46. The average molecular weight is 339 g/mol. The Morgan fingerprint density at radius 3 is 2.70 bits per heavy atom. The fourth-order valence-corrected chi connectivity index (χ4v) is 2.88. The number of amides is 2. The van der Waals surface area contributed by atoms with Crippen LogP contribution < -0.4 is 10.2 Å². The van der Waals surface area contributed by atoms with Crippen molar-refractivity contribution in [3.05, 3.63) is 28.8 Å². The summed E-state index contributed by atoms with van der Waals surface area (Å²) >= 11 is 6.03. The molecule has 1 saturated heterocycles. The van der Waals surface area contributed by atoms with Crippen LogP contribution in [0, 0.1) is 12.8 Å². The van der Waals surface area contributed by atoms with E-state index in [1.54, 1.807) is 17.0 Å². The summed E-state index contributed by atoms with van der Waals surface area (Å²) in [5, 5.41) is 3.51. The number of ether oxygens (including phenoxy) is 1. The second-order valence-electron chi connectivity index (χ2n) is 5.78. The summed E-state index contributed by atoms with van der Waals surface area (Å²) in [7, 11) is 0. The van der Waals surface area contributed by atoms with Crippen LogP contribution >= 0.6 is 11.6 Å². The minimum Gasteiger partial charge on any atom is -0.381 e. The maximum atomic E-state index is 12.1. The molecular formula is C17H23ClN2O3. The second-order valence-corrected chi connectivity index (χ2v) is 6.22. The van der Waals surface area contributed by atoms with Gasteiger partial charge in [0.15, 0.2) is 0 Å². The first kappa shape index (κ1) is 17.8. The van der Waals surface area contributed by atoms with Crippen LogP contribution in [-0.2, 0) is 14.3 Å². The predicted molar refractivity (Wildman–Crippen MR) is 90.8 cm³/mol. The minimum atomic E-state index is -0.0734. The van der Waals surface area contributed by atoms with E-state index in [1.165, 1.54) is 6.92 Å². The van der Waals surface area contributed by atoms with Crippen molar-refractivity contribution in [2.45, 2.75) is 26.7 Å². The van der Waals surface area contributed by atoms with Crippen LogP contribution in [-0.4, -0.2) is 38.1 Å². The first-order valence-corrected chi connectivity index (χ1v) is 8.26. The van der Waals surface area contributed by atoms with Crippen LogP contribution in [0.15, 0.2) is 18.2 Å². The Labute approximate surface area is 141 Å². The van der Waals surface area contributed by atoms with Gasteiger partial charge in [-0.05, 0) is 37.5 Å². The van der Waals surface area contributed by atoms with Crippen LogP contribution in [0.3, 0.4) is 0 Å². The van der Waals surface area contributed by atoms with Gasteiger partial charge in [-0.3, -0.25) is 9.59 Å². The van der Waals surface area contributed by atoms with E-state index in [4.69, 9.17) is 16.3 Å². The highest BCUT2D eigenvalue weighted by Gasteiger charge is 2.21. The Hall–Kier alpha value is -1.59. The largest absolute Gasteiger partial charge is 0.381 e. The van der Waals surface area contributed by atoms with Gasteiger partial charge in [0.1, 0.15) is 0 Å². The normalized spacial score (nSPS) is 15.3. The number of anilines is 1. The number of hydrogen-bond acceptors (Lipinski definition) is 3. The number of rotatable bonds is 5. The smallest absolute Gasteiger partial charge is 0.223 e. The maximum absolute atomic E-state index is 12.1. The van der Waals surface area contributed by atoms with Crippen molar-refractivity contribution in [1.29, 1.82) is 0 Å². The van der Waals surface area contributed by atoms with Gasteiger partial charge < -0.3 is 15.0 Å². The third kappa shape index (κ3) is 4.94. The lowest BCUT2D eigenvalue weighted by molar-refractivity contribution is -0.127. The molecule has 1 aromatic carbocycles. The summed E-state index contributed by atoms with van der Waals surface area (Å²) in [5.41, 5.74) is 1.76. The van der Waals surface area contributed by atoms with Gasteiger partial charge in [0, 0.05) is 49.9 Å². The molecule has 2 rings (SSSR count). The van der Waals surface area contributed by atoms with Crippen LogP contribution in [0.2, 0.25) is 5.02 Å². The van der Waals surface area contributed by atoms with Crippen molar-refractivity contribution < 1.29 is 14.3 Å². The Bertz CT molecular complexity index is 571. The van der Waals surface area contributed by atoms with Gasteiger partial charge in [-0.2, -0.15) is 0 Å². The first-order valence-electron chi connectivity index (χ1n) is 7.88. The van der Waals surface area contributed by atoms with Gasteiger partial charge in [0.05, 0.1) is 0 Å². The number of aryl methyl sites for hydroxylation is 1. The SMILES string of the molecule is CC(=O)N(CCNC(=O)C1CCOCC1)c1cc(Cl)ccc1C. The van der Waals surface area contributed by atoms with Crippen LogP contribution in [0.4, 0.5) is 5.69 Å². The van der Waals surface area contributed by atoms with Crippen LogP contribution in [0.25, 0.3) is 0 Å². The van der Waals surface area contributed by atoms with Gasteiger partial charge in [0.2, 0.25) is 11.8 Å². The maximum Gasteiger partial charge on any atom is 0.223 e. The summed E-state index contributed by atoms with van der Waals surface area (Å²) < 4.78 is 5.26. The molecule has 1 heterocycles. The minimum absolute atomic E-state index is 0.0161. The molecule has 1 aliphatic rings. The number of nitrogens with zero attached hydrogens (tertiary/aromatic N) is 1. The average Bonchev–Trinajstić information content (AvgIpc) is 2.54. The highest BCUT2D eigenvalue weighted by molar-refractivity contribution is 6.31. The molecule has 6 heteroatoms. The third-order valence-electron chi connectivity index (χ3n) is 4.07. The highest BCUT2D eigenvalue weighted by Crippen LogP contribution is 2.24. The predicted octanol–water partition coefficient (Wildman–Crippen LogP) is 2.54. The summed E-state index contributed by atoms with van der Waals surface area (Å²) in [5.74, 6) is -0.0160. The standard InChI is InChI=1S/C17H23ClN2O3/c1-12-3-4-15(18)11-16(12)20(13(2)21)8-7-19-17(22)14-5-9-23-10-6-14/h3-4,11,14H,5-10H2,1-2H3,(H,19,22). The molecule has 0 bridgehead atoms. The fraction of sp³-hybridized carbons (Fsp3) is 0.529. The Balaban J connectivity index is 1.93. The van der Waals surface area contributed by atoms with E-state index in [0.29, 0.717) is 31.3 Å². The molecule has 5 nitrogen and oxygen atoms in total. The van der Waals surface area contributed by atoms with Crippen molar-refractivity contribution >= 4 is 29.1 Å². The summed E-state index contributed by atoms with van der Waals surface area (Å²) in [4.78, 5) is 25.7. The molecule has 0 saturated carbocycles. The van der Waals surface area contributed by atoms with E-state index >= 15 is 0 Å². The lowest BCUT2D eigenvalue weighted by atomic mass is 9.99. The van der Waals surface area contributed by atoms with Crippen molar-refractivity contribution in [2.24, 2.45) is 5.92 Å². The van der Waals surface area contributed by atoms with Gasteiger partial charge in [-0.1, -0.05) is 17.7 Å². The summed E-state index contributed by atoms with van der Waals surface area (Å²) in [6.07, 6.45) is 1.52. The zero-order valence-corrected chi connectivity index (χ0v) is 14.4. The molecule has 1 aliphatic heterocycles. The van der Waals surface area contributed by atoms with Gasteiger partial charge in [-0.25, -0.2) is 0 Å². The number of nitrogens with one attached hydrogen (secondary N) is 1. The molecule has 23 heavy (non-hydrogen) atoms. The van der Waals surface area contributed by atoms with E-state index in [2.05, 4.69) is 5.32 Å². The molecule has 0 unspecified atom stereocenters. The van der Waals surface area contributed by atoms with Crippen molar-refractivity contribution in [3.8, 4) is 0 Å². The molecule has 2 amide bonds. The lowest BCUT2D eigenvalue weighted by Gasteiger charge is -2.25. The van der Waals surface area contributed by atoms with Crippen molar-refractivity contribution in [1.82, 2.24) is 5.32 Å². The molecule has 1 aromatic rings. The second kappa shape index (κ2) is 8.31. The quantitative estimate of drug-likeness (QED) is 0.897. The fourth-order valence-electron chi connectivity index (χ4n) is 2.72. The molecule has 0 atom stereocenters. The summed E-state index contributed by atoms with van der Waals surface area (Å²) in [6.45, 7) is 5.56. The zero-order valence-electron chi connectivity index (χ0n) is 13.6. The number of carbonyl (C=O) groups excluding carboxylic acids is 2. The lowest BCUT2D eigenvalue weighted by Crippen LogP contribution is -2.41. The van der Waals surface area contributed by atoms with E-state index in [9.17, 15) is 9.59 Å². The number of hydrogen-bond donors (Lipinski definition) is 1. The van der Waals surface area contributed by atoms with E-state index in [0.717, 1.165) is 24.1 Å². The molecule has 0 aliphatic carbocycles. The molecule has 0 spiro atoms. The Kier molecular flexibility index (Phi) is 6.42.